The zero-order valence-electron chi connectivity index (χ0n) is 12.1. The van der Waals surface area contributed by atoms with Crippen LogP contribution in [0.5, 0.6) is 0 Å². The first-order valence-corrected chi connectivity index (χ1v) is 7.12. The first-order chi connectivity index (χ1) is 11.1. The van der Waals surface area contributed by atoms with E-state index in [1.165, 1.54) is 24.3 Å². The molecule has 3 rings (SSSR count). The highest BCUT2D eigenvalue weighted by Gasteiger charge is 2.22. The Balaban J connectivity index is 1.71. The Hall–Kier alpha value is -2.82. The van der Waals surface area contributed by atoms with Crippen LogP contribution in [0.3, 0.4) is 0 Å². The van der Waals surface area contributed by atoms with E-state index < -0.39 is 11.8 Å². The lowest BCUT2D eigenvalue weighted by molar-refractivity contribution is -0.130. The van der Waals surface area contributed by atoms with Gasteiger partial charge in [0.25, 0.3) is 0 Å². The van der Waals surface area contributed by atoms with Gasteiger partial charge in [-0.15, -0.1) is 0 Å². The molecule has 1 heterocycles. The Morgan fingerprint density at radius 1 is 1.00 bits per heavy atom. The Labute approximate surface area is 131 Å². The van der Waals surface area contributed by atoms with Crippen LogP contribution >= 0.6 is 0 Å². The number of cyclic esters (lactones) is 1. The van der Waals surface area contributed by atoms with Gasteiger partial charge in [-0.2, -0.15) is 0 Å². The molecule has 0 unspecified atom stereocenters. The molecule has 0 aliphatic carbocycles. The number of ether oxygens (including phenoxy) is 1. The highest BCUT2D eigenvalue weighted by atomic mass is 19.1. The molecule has 0 fully saturated rings. The molecule has 1 aliphatic rings. The van der Waals surface area contributed by atoms with E-state index in [1.54, 1.807) is 30.3 Å². The summed E-state index contributed by atoms with van der Waals surface area (Å²) in [6.07, 6.45) is 2.34. The summed E-state index contributed by atoms with van der Waals surface area (Å²) in [5.74, 6) is -1.04. The average molecular weight is 313 g/mol. The molecule has 0 spiro atoms. The second-order valence-corrected chi connectivity index (χ2v) is 5.07. The number of aryl methyl sites for hydroxylation is 1. The van der Waals surface area contributed by atoms with Crippen LogP contribution in [-0.4, -0.2) is 11.9 Å². The quantitative estimate of drug-likeness (QED) is 0.634. The average Bonchev–Trinajstić information content (AvgIpc) is 2.89. The summed E-state index contributed by atoms with van der Waals surface area (Å²) in [6, 6.07) is 12.2. The van der Waals surface area contributed by atoms with Crippen molar-refractivity contribution in [1.29, 1.82) is 0 Å². The van der Waals surface area contributed by atoms with Gasteiger partial charge in [-0.25, -0.2) is 18.6 Å². The third-order valence-corrected chi connectivity index (χ3v) is 3.40. The molecule has 0 bridgehead atoms. The molecule has 0 N–H and O–H groups in total. The van der Waals surface area contributed by atoms with Gasteiger partial charge in [-0.05, 0) is 36.3 Å². The normalized spacial score (nSPS) is 15.7. The van der Waals surface area contributed by atoms with E-state index in [0.29, 0.717) is 12.8 Å². The predicted octanol–water partition coefficient (Wildman–Crippen LogP) is 3.89. The van der Waals surface area contributed by atoms with Crippen molar-refractivity contribution in [1.82, 2.24) is 0 Å². The number of benzene rings is 2. The summed E-state index contributed by atoms with van der Waals surface area (Å²) >= 11 is 0. The molecule has 0 saturated heterocycles. The van der Waals surface area contributed by atoms with Crippen molar-refractivity contribution in [2.24, 2.45) is 4.99 Å². The van der Waals surface area contributed by atoms with Crippen molar-refractivity contribution in [2.75, 3.05) is 0 Å². The number of halogens is 2. The van der Waals surface area contributed by atoms with Gasteiger partial charge in [-0.3, -0.25) is 0 Å². The van der Waals surface area contributed by atoms with Gasteiger partial charge in [0.15, 0.2) is 11.6 Å². The van der Waals surface area contributed by atoms with Crippen LogP contribution < -0.4 is 0 Å². The summed E-state index contributed by atoms with van der Waals surface area (Å²) in [7, 11) is 0. The minimum absolute atomic E-state index is 0.0733. The van der Waals surface area contributed by atoms with Crippen molar-refractivity contribution in [3.8, 4) is 0 Å². The standard InChI is InChI=1S/C18H13F2NO2/c19-14-8-5-12(6-9-14)7-10-17-21-16(18(22)23-17)11-13-3-1-2-4-15(13)20/h1-6,8-9,11H,7,10H2/b16-11-. The fourth-order valence-corrected chi connectivity index (χ4v) is 2.20. The number of esters is 1. The largest absolute Gasteiger partial charge is 0.407 e. The van der Waals surface area contributed by atoms with Gasteiger partial charge >= 0.3 is 5.97 Å². The van der Waals surface area contributed by atoms with E-state index in [4.69, 9.17) is 4.74 Å². The third kappa shape index (κ3) is 3.69. The summed E-state index contributed by atoms with van der Waals surface area (Å²) in [4.78, 5) is 15.9. The number of carbonyl (C=O) groups excluding carboxylic acids is 1. The third-order valence-electron chi connectivity index (χ3n) is 3.40. The fourth-order valence-electron chi connectivity index (χ4n) is 2.20. The van der Waals surface area contributed by atoms with Crippen molar-refractivity contribution in [3.63, 3.8) is 0 Å². The van der Waals surface area contributed by atoms with E-state index in [0.717, 1.165) is 5.56 Å². The summed E-state index contributed by atoms with van der Waals surface area (Å²) in [5.41, 5.74) is 1.27. The van der Waals surface area contributed by atoms with Gasteiger partial charge in [0.2, 0.25) is 0 Å². The zero-order chi connectivity index (χ0) is 16.2. The maximum absolute atomic E-state index is 13.6. The van der Waals surface area contributed by atoms with Gasteiger partial charge in [0.1, 0.15) is 11.6 Å². The predicted molar refractivity (Wildman–Crippen MR) is 82.6 cm³/mol. The van der Waals surface area contributed by atoms with Crippen LogP contribution in [-0.2, 0) is 16.0 Å². The molecule has 0 atom stereocenters. The molecule has 0 amide bonds. The maximum Gasteiger partial charge on any atom is 0.363 e. The van der Waals surface area contributed by atoms with Crippen LogP contribution in [0, 0.1) is 11.6 Å². The second-order valence-electron chi connectivity index (χ2n) is 5.07. The van der Waals surface area contributed by atoms with E-state index in [1.807, 2.05) is 0 Å². The molecule has 23 heavy (non-hydrogen) atoms. The number of nitrogens with zero attached hydrogens (tertiary/aromatic N) is 1. The first kappa shape index (κ1) is 15.1. The summed E-state index contributed by atoms with van der Waals surface area (Å²) in [6.45, 7) is 0. The Bertz CT molecular complexity index is 795. The van der Waals surface area contributed by atoms with Crippen molar-refractivity contribution in [2.45, 2.75) is 12.8 Å². The molecule has 116 valence electrons. The number of aliphatic imine (C=N–C) groups is 1. The Kier molecular flexibility index (Phi) is 4.28. The topological polar surface area (TPSA) is 38.7 Å². The van der Waals surface area contributed by atoms with Gasteiger partial charge in [-0.1, -0.05) is 30.3 Å². The molecule has 2 aromatic carbocycles. The Morgan fingerprint density at radius 3 is 2.48 bits per heavy atom. The second kappa shape index (κ2) is 6.52. The van der Waals surface area contributed by atoms with Crippen molar-refractivity contribution < 1.29 is 18.3 Å². The molecular weight excluding hydrogens is 300 g/mol. The number of carbonyl (C=O) groups is 1. The maximum atomic E-state index is 13.6. The Morgan fingerprint density at radius 2 is 1.74 bits per heavy atom. The smallest absolute Gasteiger partial charge is 0.363 e. The van der Waals surface area contributed by atoms with Crippen LogP contribution in [0.1, 0.15) is 17.5 Å². The van der Waals surface area contributed by atoms with Crippen LogP contribution in [0.4, 0.5) is 8.78 Å². The lowest BCUT2D eigenvalue weighted by Crippen LogP contribution is -2.05. The van der Waals surface area contributed by atoms with Gasteiger partial charge < -0.3 is 4.74 Å². The first-order valence-electron chi connectivity index (χ1n) is 7.12. The van der Waals surface area contributed by atoms with Crippen molar-refractivity contribution >= 4 is 17.9 Å². The van der Waals surface area contributed by atoms with Crippen molar-refractivity contribution in [3.05, 3.63) is 77.0 Å². The van der Waals surface area contributed by atoms with Gasteiger partial charge in [0.05, 0.1) is 0 Å². The lowest BCUT2D eigenvalue weighted by Gasteiger charge is -2.00. The van der Waals surface area contributed by atoms with Crippen LogP contribution in [0.15, 0.2) is 59.2 Å². The van der Waals surface area contributed by atoms with E-state index in [-0.39, 0.29) is 23.0 Å². The molecule has 2 aromatic rings. The van der Waals surface area contributed by atoms with E-state index >= 15 is 0 Å². The number of rotatable bonds is 4. The number of hydrogen-bond donors (Lipinski definition) is 0. The molecule has 0 aromatic heterocycles. The van der Waals surface area contributed by atoms with Crippen LogP contribution in [0.25, 0.3) is 6.08 Å². The molecule has 0 radical (unpaired) electrons. The highest BCUT2D eigenvalue weighted by molar-refractivity contribution is 6.07. The zero-order valence-corrected chi connectivity index (χ0v) is 12.1. The molecule has 1 aliphatic heterocycles. The van der Waals surface area contributed by atoms with Gasteiger partial charge in [0, 0.05) is 12.0 Å². The monoisotopic (exact) mass is 313 g/mol. The van der Waals surface area contributed by atoms with E-state index in [9.17, 15) is 13.6 Å². The molecule has 0 saturated carbocycles. The lowest BCUT2D eigenvalue weighted by atomic mass is 10.1. The molecule has 5 heteroatoms. The summed E-state index contributed by atoms with van der Waals surface area (Å²) < 4.78 is 31.5. The van der Waals surface area contributed by atoms with Crippen LogP contribution in [0.2, 0.25) is 0 Å². The number of hydrogen-bond acceptors (Lipinski definition) is 3. The SMILES string of the molecule is O=C1OC(CCc2ccc(F)cc2)=N/C1=C\c1ccccc1F. The summed E-state index contributed by atoms with van der Waals surface area (Å²) in [5, 5.41) is 0. The minimum atomic E-state index is -0.595. The minimum Gasteiger partial charge on any atom is -0.407 e. The van der Waals surface area contributed by atoms with E-state index in [2.05, 4.69) is 4.99 Å². The molecule has 3 nitrogen and oxygen atoms in total. The highest BCUT2D eigenvalue weighted by Crippen LogP contribution is 2.19. The fraction of sp³-hybridized carbons (Fsp3) is 0.111. The molecular formula is C18H13F2NO2.